The van der Waals surface area contributed by atoms with E-state index in [-0.39, 0.29) is 25.5 Å². The number of ether oxygens (including phenoxy) is 1. The molecule has 1 aromatic rings. The fraction of sp³-hybridized carbons (Fsp3) is 0.368. The van der Waals surface area contributed by atoms with E-state index in [4.69, 9.17) is 16.2 Å². The van der Waals surface area contributed by atoms with E-state index in [1.165, 1.54) is 0 Å². The summed E-state index contributed by atoms with van der Waals surface area (Å²) in [6.07, 6.45) is -0.450. The first kappa shape index (κ1) is 24.9. The van der Waals surface area contributed by atoms with Crippen molar-refractivity contribution in [1.82, 2.24) is 20.9 Å². The van der Waals surface area contributed by atoms with Gasteiger partial charge < -0.3 is 37.3 Å². The third-order valence-corrected chi connectivity index (χ3v) is 4.43. The molecular formula is C19H25N7O7. The lowest BCUT2D eigenvalue weighted by molar-refractivity contribution is -0.139. The summed E-state index contributed by atoms with van der Waals surface area (Å²) < 4.78 is 4.95. The van der Waals surface area contributed by atoms with Crippen LogP contribution in [0.1, 0.15) is 18.4 Å². The smallest absolute Gasteiger partial charge is 0.408 e. The van der Waals surface area contributed by atoms with Crippen molar-refractivity contribution in [2.45, 2.75) is 31.5 Å². The van der Waals surface area contributed by atoms with Gasteiger partial charge in [-0.3, -0.25) is 9.79 Å². The molecular weight excluding hydrogens is 438 g/mol. The molecule has 0 aliphatic carbocycles. The first-order valence-corrected chi connectivity index (χ1v) is 9.86. The Kier molecular flexibility index (Phi) is 8.96. The second-order valence-corrected chi connectivity index (χ2v) is 6.91. The van der Waals surface area contributed by atoms with E-state index in [0.717, 1.165) is 0 Å². The van der Waals surface area contributed by atoms with Gasteiger partial charge in [-0.1, -0.05) is 30.3 Å². The van der Waals surface area contributed by atoms with Gasteiger partial charge in [0, 0.05) is 6.54 Å². The van der Waals surface area contributed by atoms with Crippen LogP contribution in [-0.2, 0) is 20.9 Å². The Bertz CT molecular complexity index is 918. The molecule has 2 atom stereocenters. The molecule has 0 radical (unpaired) electrons. The largest absolute Gasteiger partial charge is 0.480 e. The summed E-state index contributed by atoms with van der Waals surface area (Å²) in [5.41, 5.74) is 11.1. The Balaban J connectivity index is 1.83. The van der Waals surface area contributed by atoms with Crippen molar-refractivity contribution in [3.05, 3.63) is 35.9 Å². The van der Waals surface area contributed by atoms with E-state index in [1.54, 1.807) is 30.3 Å². The average Bonchev–Trinajstić information content (AvgIpc) is 3.05. The fourth-order valence-corrected chi connectivity index (χ4v) is 2.80. The maximum Gasteiger partial charge on any atom is 0.408 e. The number of aliphatic carboxylic acids is 1. The number of nitrogens with zero attached hydrogens (tertiary/aromatic N) is 2. The topological polar surface area (TPSA) is 219 Å². The Morgan fingerprint density at radius 1 is 1.21 bits per heavy atom. The maximum absolute atomic E-state index is 12.4. The van der Waals surface area contributed by atoms with E-state index < -0.39 is 48.7 Å². The highest BCUT2D eigenvalue weighted by molar-refractivity contribution is 6.16. The van der Waals surface area contributed by atoms with Gasteiger partial charge in [0.2, 0.25) is 0 Å². The van der Waals surface area contributed by atoms with Gasteiger partial charge in [-0.15, -0.1) is 0 Å². The number of carbonyl (C=O) groups excluding carboxylic acids is 4. The molecule has 6 amide bonds. The van der Waals surface area contributed by atoms with E-state index in [2.05, 4.69) is 20.9 Å². The molecule has 1 aromatic carbocycles. The van der Waals surface area contributed by atoms with E-state index >= 15 is 0 Å². The van der Waals surface area contributed by atoms with Crippen LogP contribution in [0.4, 0.5) is 14.4 Å². The van der Waals surface area contributed by atoms with Crippen molar-refractivity contribution in [3.8, 4) is 0 Å². The fourth-order valence-electron chi connectivity index (χ4n) is 2.80. The normalized spacial score (nSPS) is 15.9. The molecule has 8 N–H and O–H groups in total. The number of nitrogens with one attached hydrogen (secondary N) is 3. The predicted octanol–water partition coefficient (Wildman–Crippen LogP) is -0.950. The lowest BCUT2D eigenvalue weighted by atomic mass is 10.1. The summed E-state index contributed by atoms with van der Waals surface area (Å²) in [5, 5.41) is 15.9. The van der Waals surface area contributed by atoms with Crippen LogP contribution in [0.15, 0.2) is 35.3 Å². The minimum atomic E-state index is -1.56. The molecule has 1 saturated heterocycles. The van der Waals surface area contributed by atoms with Crippen LogP contribution >= 0.6 is 0 Å². The Labute approximate surface area is 188 Å². The number of hydrogen-bond donors (Lipinski definition) is 6. The molecule has 2 rings (SSSR count). The second kappa shape index (κ2) is 11.9. The number of nitrogens with two attached hydrogens (primary N) is 2. The molecule has 1 aliphatic rings. The molecule has 14 nitrogen and oxygen atoms in total. The van der Waals surface area contributed by atoms with Gasteiger partial charge in [-0.2, -0.15) is 4.90 Å². The van der Waals surface area contributed by atoms with Crippen LogP contribution in [-0.4, -0.2) is 71.2 Å². The maximum atomic E-state index is 12.4. The van der Waals surface area contributed by atoms with Crippen molar-refractivity contribution in [3.63, 3.8) is 0 Å². The molecule has 1 fully saturated rings. The third kappa shape index (κ3) is 7.68. The molecule has 0 aromatic heterocycles. The van der Waals surface area contributed by atoms with Crippen molar-refractivity contribution in [1.29, 1.82) is 0 Å². The number of guanidine groups is 1. The van der Waals surface area contributed by atoms with Crippen LogP contribution in [0, 0.1) is 0 Å². The van der Waals surface area contributed by atoms with Gasteiger partial charge in [0.05, 0.1) is 6.54 Å². The van der Waals surface area contributed by atoms with E-state index in [1.807, 2.05) is 0 Å². The molecule has 178 valence electrons. The Morgan fingerprint density at radius 3 is 2.55 bits per heavy atom. The van der Waals surface area contributed by atoms with Crippen LogP contribution in [0.25, 0.3) is 0 Å². The minimum Gasteiger partial charge on any atom is -0.480 e. The van der Waals surface area contributed by atoms with E-state index in [0.29, 0.717) is 16.9 Å². The summed E-state index contributed by atoms with van der Waals surface area (Å²) >= 11 is 0. The van der Waals surface area contributed by atoms with Gasteiger partial charge >= 0.3 is 24.1 Å². The monoisotopic (exact) mass is 463 g/mol. The van der Waals surface area contributed by atoms with Crippen LogP contribution in [0.3, 0.4) is 0 Å². The zero-order valence-corrected chi connectivity index (χ0v) is 17.5. The molecule has 14 heteroatoms. The molecule has 1 heterocycles. The molecule has 1 aliphatic heterocycles. The molecule has 0 bridgehead atoms. The summed E-state index contributed by atoms with van der Waals surface area (Å²) in [5.74, 6) is -2.37. The van der Waals surface area contributed by atoms with Crippen molar-refractivity contribution >= 4 is 36.0 Å². The third-order valence-electron chi connectivity index (χ3n) is 4.43. The zero-order chi connectivity index (χ0) is 24.4. The highest BCUT2D eigenvalue weighted by Gasteiger charge is 2.42. The van der Waals surface area contributed by atoms with Crippen LogP contribution in [0.2, 0.25) is 0 Å². The summed E-state index contributed by atoms with van der Waals surface area (Å²) in [7, 11) is 0. The standard InChI is InChI=1S/C19H25N7O7/c20-16(21)22-8-4-7-12-14(27)26(18(31)24-12)17(30)23-9-13(15(28)29)25-19(32)33-10-11-5-2-1-3-6-11/h1-3,5-6,12-13H,4,7-10H2,(H,23,30)(H,24,31)(H,25,32)(H,28,29)(H4,20,21,22)/t12-,13-/m0/s1. The van der Waals surface area contributed by atoms with Gasteiger partial charge in [0.15, 0.2) is 5.96 Å². The van der Waals surface area contributed by atoms with Gasteiger partial charge in [-0.25, -0.2) is 19.2 Å². The molecule has 33 heavy (non-hydrogen) atoms. The van der Waals surface area contributed by atoms with Crippen molar-refractivity contribution in [2.75, 3.05) is 13.1 Å². The highest BCUT2D eigenvalue weighted by Crippen LogP contribution is 2.11. The Morgan fingerprint density at radius 2 is 1.91 bits per heavy atom. The van der Waals surface area contributed by atoms with Crippen LogP contribution in [0.5, 0.6) is 0 Å². The average molecular weight is 463 g/mol. The zero-order valence-electron chi connectivity index (χ0n) is 17.5. The summed E-state index contributed by atoms with van der Waals surface area (Å²) in [6, 6.07) is 4.12. The minimum absolute atomic E-state index is 0.0849. The molecule has 0 unspecified atom stereocenters. The summed E-state index contributed by atoms with van der Waals surface area (Å²) in [6.45, 7) is -0.445. The first-order valence-electron chi connectivity index (χ1n) is 9.86. The van der Waals surface area contributed by atoms with Gasteiger partial charge in [0.25, 0.3) is 5.91 Å². The first-order chi connectivity index (χ1) is 15.7. The van der Waals surface area contributed by atoms with E-state index in [9.17, 15) is 29.1 Å². The van der Waals surface area contributed by atoms with Gasteiger partial charge in [0.1, 0.15) is 18.7 Å². The Hall–Kier alpha value is -4.36. The lowest BCUT2D eigenvalue weighted by Crippen LogP contribution is -2.52. The number of benzene rings is 1. The number of aliphatic imine (C=N–C) groups is 1. The van der Waals surface area contributed by atoms with Crippen LogP contribution < -0.4 is 27.4 Å². The van der Waals surface area contributed by atoms with Crippen molar-refractivity contribution in [2.24, 2.45) is 16.5 Å². The number of hydrogen-bond acceptors (Lipinski definition) is 7. The predicted molar refractivity (Wildman–Crippen MR) is 114 cm³/mol. The number of amides is 6. The molecule has 0 spiro atoms. The quantitative estimate of drug-likeness (QED) is 0.109. The second-order valence-electron chi connectivity index (χ2n) is 6.91. The number of imide groups is 3. The number of urea groups is 2. The number of rotatable bonds is 10. The lowest BCUT2D eigenvalue weighted by Gasteiger charge is -2.17. The number of carboxylic acids is 1. The van der Waals surface area contributed by atoms with Gasteiger partial charge in [-0.05, 0) is 18.4 Å². The number of carbonyl (C=O) groups is 5. The number of alkyl carbamates (subject to hydrolysis) is 1. The molecule has 0 saturated carbocycles. The number of carboxylic acid groups (broad SMARTS) is 1. The summed E-state index contributed by atoms with van der Waals surface area (Å²) in [4.78, 5) is 64.0. The SMILES string of the molecule is NC(N)=NCCC[C@@H]1NC(=O)N(C(=O)NC[C@H](NC(=O)OCc2ccccc2)C(=O)O)C1=O. The highest BCUT2D eigenvalue weighted by atomic mass is 16.5. The van der Waals surface area contributed by atoms with Crippen molar-refractivity contribution < 1.29 is 33.8 Å².